The second-order valence-corrected chi connectivity index (χ2v) is 4.21. The first-order valence-electron chi connectivity index (χ1n) is 6.09. The maximum atomic E-state index is 11.8. The van der Waals surface area contributed by atoms with E-state index in [2.05, 4.69) is 31.0 Å². The van der Waals surface area contributed by atoms with E-state index in [1.165, 1.54) is 7.11 Å². The quantitative estimate of drug-likeness (QED) is 0.637. The highest BCUT2D eigenvalue weighted by Gasteiger charge is 2.34. The van der Waals surface area contributed by atoms with Crippen LogP contribution in [0.5, 0.6) is 0 Å². The van der Waals surface area contributed by atoms with Crippen molar-refractivity contribution >= 4 is 5.97 Å². The highest BCUT2D eigenvalue weighted by Crippen LogP contribution is 2.09. The lowest BCUT2D eigenvalue weighted by Crippen LogP contribution is -2.57. The Kier molecular flexibility index (Phi) is 7.34. The molecule has 0 saturated heterocycles. The van der Waals surface area contributed by atoms with Gasteiger partial charge in [-0.2, -0.15) is 0 Å². The Morgan fingerprint density at radius 3 is 2.25 bits per heavy atom. The fourth-order valence-electron chi connectivity index (χ4n) is 1.71. The summed E-state index contributed by atoms with van der Waals surface area (Å²) in [4.78, 5) is 14.0. The highest BCUT2D eigenvalue weighted by atomic mass is 16.5. The van der Waals surface area contributed by atoms with E-state index in [1.807, 2.05) is 6.92 Å². The number of nitrogens with one attached hydrogen (secondary N) is 1. The molecule has 0 aliphatic rings. The Morgan fingerprint density at radius 2 is 1.88 bits per heavy atom. The zero-order chi connectivity index (χ0) is 12.6. The van der Waals surface area contributed by atoms with Gasteiger partial charge < -0.3 is 15.0 Å². The third-order valence-corrected chi connectivity index (χ3v) is 2.84. The summed E-state index contributed by atoms with van der Waals surface area (Å²) in [6.45, 7) is 11.6. The number of hydrogen-bond acceptors (Lipinski definition) is 4. The lowest BCUT2D eigenvalue weighted by molar-refractivity contribution is -0.148. The van der Waals surface area contributed by atoms with Gasteiger partial charge in [0, 0.05) is 6.54 Å². The predicted octanol–water partition coefficient (Wildman–Crippen LogP) is 1.26. The number of rotatable bonds is 8. The monoisotopic (exact) mass is 230 g/mol. The van der Waals surface area contributed by atoms with Crippen LogP contribution in [-0.4, -0.2) is 49.7 Å². The summed E-state index contributed by atoms with van der Waals surface area (Å²) in [6.07, 6.45) is 1.00. The van der Waals surface area contributed by atoms with E-state index in [0.717, 1.165) is 26.1 Å². The summed E-state index contributed by atoms with van der Waals surface area (Å²) in [5.41, 5.74) is -0.600. The van der Waals surface area contributed by atoms with E-state index in [1.54, 1.807) is 0 Å². The maximum absolute atomic E-state index is 11.8. The van der Waals surface area contributed by atoms with Gasteiger partial charge in [0.15, 0.2) is 0 Å². The number of methoxy groups -OCH3 is 1. The van der Waals surface area contributed by atoms with Gasteiger partial charge in [-0.1, -0.05) is 20.8 Å². The summed E-state index contributed by atoms with van der Waals surface area (Å²) in [6, 6.07) is 0. The molecule has 0 aromatic carbocycles. The summed E-state index contributed by atoms with van der Waals surface area (Å²) in [5, 5.41) is 3.28. The van der Waals surface area contributed by atoms with Crippen molar-refractivity contribution in [3.05, 3.63) is 0 Å². The topological polar surface area (TPSA) is 41.6 Å². The molecule has 0 aliphatic carbocycles. The molecule has 0 aromatic heterocycles. The van der Waals surface area contributed by atoms with E-state index in [4.69, 9.17) is 4.74 Å². The molecule has 0 rings (SSSR count). The number of carbonyl (C=O) groups is 1. The largest absolute Gasteiger partial charge is 0.468 e. The Balaban J connectivity index is 4.57. The minimum atomic E-state index is -0.600. The van der Waals surface area contributed by atoms with Crippen molar-refractivity contribution in [1.29, 1.82) is 0 Å². The maximum Gasteiger partial charge on any atom is 0.327 e. The van der Waals surface area contributed by atoms with Gasteiger partial charge in [0.1, 0.15) is 5.54 Å². The molecule has 0 aromatic rings. The van der Waals surface area contributed by atoms with Crippen LogP contribution in [0, 0.1) is 0 Å². The summed E-state index contributed by atoms with van der Waals surface area (Å²) >= 11 is 0. The van der Waals surface area contributed by atoms with E-state index in [9.17, 15) is 4.79 Å². The van der Waals surface area contributed by atoms with Crippen LogP contribution in [-0.2, 0) is 9.53 Å². The van der Waals surface area contributed by atoms with Gasteiger partial charge in [-0.3, -0.25) is 4.79 Å². The van der Waals surface area contributed by atoms with Crippen LogP contribution in [0.1, 0.15) is 34.1 Å². The Labute approximate surface area is 99.3 Å². The molecule has 0 radical (unpaired) electrons. The van der Waals surface area contributed by atoms with Crippen molar-refractivity contribution in [2.24, 2.45) is 0 Å². The van der Waals surface area contributed by atoms with Crippen LogP contribution in [0.3, 0.4) is 0 Å². The lowest BCUT2D eigenvalue weighted by atomic mass is 10.0. The van der Waals surface area contributed by atoms with Crippen molar-refractivity contribution in [2.75, 3.05) is 33.3 Å². The molecule has 0 aliphatic heterocycles. The van der Waals surface area contributed by atoms with Crippen molar-refractivity contribution in [3.8, 4) is 0 Å². The van der Waals surface area contributed by atoms with Crippen molar-refractivity contribution in [1.82, 2.24) is 10.2 Å². The van der Waals surface area contributed by atoms with Crippen LogP contribution in [0.25, 0.3) is 0 Å². The van der Waals surface area contributed by atoms with Crippen molar-refractivity contribution in [2.45, 2.75) is 39.7 Å². The van der Waals surface area contributed by atoms with E-state index >= 15 is 0 Å². The van der Waals surface area contributed by atoms with Gasteiger partial charge in [-0.05, 0) is 33.0 Å². The molecule has 1 N–H and O–H groups in total. The molecular formula is C12H26N2O2. The number of esters is 1. The van der Waals surface area contributed by atoms with Gasteiger partial charge >= 0.3 is 5.97 Å². The molecule has 0 amide bonds. The van der Waals surface area contributed by atoms with Gasteiger partial charge in [0.05, 0.1) is 7.11 Å². The first-order chi connectivity index (χ1) is 7.53. The Hall–Kier alpha value is -0.610. The first kappa shape index (κ1) is 15.4. The molecule has 0 fully saturated rings. The Bertz CT molecular complexity index is 205. The molecule has 1 unspecified atom stereocenters. The van der Waals surface area contributed by atoms with Gasteiger partial charge in [0.25, 0.3) is 0 Å². The third kappa shape index (κ3) is 4.49. The molecule has 0 saturated carbocycles. The molecule has 1 atom stereocenters. The third-order valence-electron chi connectivity index (χ3n) is 2.84. The fraction of sp³-hybridized carbons (Fsp3) is 0.917. The number of nitrogens with zero attached hydrogens (tertiary/aromatic N) is 1. The molecule has 4 heteroatoms. The lowest BCUT2D eigenvalue weighted by Gasteiger charge is -2.33. The zero-order valence-corrected chi connectivity index (χ0v) is 11.3. The van der Waals surface area contributed by atoms with Crippen LogP contribution in [0.15, 0.2) is 0 Å². The van der Waals surface area contributed by atoms with E-state index < -0.39 is 5.54 Å². The average molecular weight is 230 g/mol. The molecule has 96 valence electrons. The van der Waals surface area contributed by atoms with Crippen LogP contribution >= 0.6 is 0 Å². The zero-order valence-electron chi connectivity index (χ0n) is 11.3. The first-order valence-corrected chi connectivity index (χ1v) is 6.09. The Morgan fingerprint density at radius 1 is 1.31 bits per heavy atom. The number of hydrogen-bond donors (Lipinski definition) is 1. The van der Waals surface area contributed by atoms with Crippen LogP contribution in [0.2, 0.25) is 0 Å². The molecular weight excluding hydrogens is 204 g/mol. The normalized spacial score (nSPS) is 14.9. The van der Waals surface area contributed by atoms with Crippen LogP contribution < -0.4 is 5.32 Å². The van der Waals surface area contributed by atoms with Crippen molar-refractivity contribution in [3.63, 3.8) is 0 Å². The highest BCUT2D eigenvalue weighted by molar-refractivity contribution is 5.80. The van der Waals surface area contributed by atoms with Crippen molar-refractivity contribution < 1.29 is 9.53 Å². The van der Waals surface area contributed by atoms with Gasteiger partial charge in [-0.25, -0.2) is 0 Å². The van der Waals surface area contributed by atoms with Gasteiger partial charge in [0.2, 0.25) is 0 Å². The number of ether oxygens (including phenoxy) is 1. The summed E-state index contributed by atoms with van der Waals surface area (Å²) in [5.74, 6) is -0.187. The molecule has 0 spiro atoms. The standard InChI is InChI=1S/C12H26N2O2/c1-6-9-13-12(4,11(15)16-5)10-14(7-2)8-3/h13H,6-10H2,1-5H3. The van der Waals surface area contributed by atoms with Gasteiger partial charge in [-0.15, -0.1) is 0 Å². The molecule has 0 heterocycles. The van der Waals surface area contributed by atoms with E-state index in [0.29, 0.717) is 6.54 Å². The number of carbonyl (C=O) groups excluding carboxylic acids is 1. The fourth-order valence-corrected chi connectivity index (χ4v) is 1.71. The predicted molar refractivity (Wildman–Crippen MR) is 66.5 cm³/mol. The van der Waals surface area contributed by atoms with Crippen LogP contribution in [0.4, 0.5) is 0 Å². The minimum absolute atomic E-state index is 0.187. The smallest absolute Gasteiger partial charge is 0.327 e. The second-order valence-electron chi connectivity index (χ2n) is 4.21. The summed E-state index contributed by atoms with van der Waals surface area (Å²) < 4.78 is 4.87. The molecule has 4 nitrogen and oxygen atoms in total. The molecule has 0 bridgehead atoms. The number of likely N-dealkylation sites (N-methyl/N-ethyl adjacent to an activating group) is 1. The second kappa shape index (κ2) is 7.63. The summed E-state index contributed by atoms with van der Waals surface area (Å²) in [7, 11) is 1.44. The van der Waals surface area contributed by atoms with E-state index in [-0.39, 0.29) is 5.97 Å². The average Bonchev–Trinajstić information content (AvgIpc) is 2.32. The minimum Gasteiger partial charge on any atom is -0.468 e. The molecule has 16 heavy (non-hydrogen) atoms. The SMILES string of the molecule is CCCNC(C)(CN(CC)CC)C(=O)OC.